The maximum atomic E-state index is 12.7. The Labute approximate surface area is 201 Å². The van der Waals surface area contributed by atoms with Gasteiger partial charge in [0.15, 0.2) is 0 Å². The molecule has 0 spiro atoms. The van der Waals surface area contributed by atoms with E-state index in [4.69, 9.17) is 11.6 Å². The predicted molar refractivity (Wildman–Crippen MR) is 131 cm³/mol. The van der Waals surface area contributed by atoms with Gasteiger partial charge in [0.25, 0.3) is 0 Å². The zero-order valence-corrected chi connectivity index (χ0v) is 20.8. The van der Waals surface area contributed by atoms with Gasteiger partial charge >= 0.3 is 0 Å². The molecule has 0 aliphatic heterocycles. The summed E-state index contributed by atoms with van der Waals surface area (Å²) < 4.78 is 0. The number of amides is 4. The number of carbonyl (C=O) groups excluding carboxylic acids is 4. The Bertz CT molecular complexity index is 783. The van der Waals surface area contributed by atoms with Crippen molar-refractivity contribution in [1.82, 2.24) is 16.0 Å². The number of unbranched alkanes of at least 4 members (excludes halogenated alkanes) is 1. The van der Waals surface area contributed by atoms with Gasteiger partial charge in [-0.1, -0.05) is 39.3 Å². The molecule has 0 radical (unpaired) electrons. The van der Waals surface area contributed by atoms with Crippen LogP contribution in [0.4, 0.5) is 5.69 Å². The van der Waals surface area contributed by atoms with Gasteiger partial charge < -0.3 is 21.3 Å². The minimum absolute atomic E-state index is 0.0899. The highest BCUT2D eigenvalue weighted by Crippen LogP contribution is 2.11. The van der Waals surface area contributed by atoms with Gasteiger partial charge in [-0.3, -0.25) is 19.2 Å². The molecule has 0 aliphatic rings. The van der Waals surface area contributed by atoms with Crippen molar-refractivity contribution in [2.24, 2.45) is 5.92 Å². The van der Waals surface area contributed by atoms with Gasteiger partial charge in [0, 0.05) is 18.7 Å². The van der Waals surface area contributed by atoms with E-state index < -0.39 is 18.0 Å². The molecule has 8 nitrogen and oxygen atoms in total. The quantitative estimate of drug-likeness (QED) is 0.242. The van der Waals surface area contributed by atoms with Crippen LogP contribution in [-0.2, 0) is 25.6 Å². The van der Waals surface area contributed by atoms with E-state index in [1.54, 1.807) is 6.92 Å². The molecule has 2 atom stereocenters. The molecule has 0 aliphatic carbocycles. The summed E-state index contributed by atoms with van der Waals surface area (Å²) in [7, 11) is 0. The van der Waals surface area contributed by atoms with Crippen molar-refractivity contribution < 1.29 is 19.2 Å². The van der Waals surface area contributed by atoms with Crippen LogP contribution in [-0.4, -0.2) is 48.1 Å². The van der Waals surface area contributed by atoms with Gasteiger partial charge in [0.05, 0.1) is 0 Å². The van der Waals surface area contributed by atoms with Gasteiger partial charge in [0.1, 0.15) is 18.0 Å². The average molecular weight is 481 g/mol. The lowest BCUT2D eigenvalue weighted by molar-refractivity contribution is -0.131. The van der Waals surface area contributed by atoms with E-state index >= 15 is 0 Å². The van der Waals surface area contributed by atoms with E-state index in [9.17, 15) is 19.2 Å². The lowest BCUT2D eigenvalue weighted by atomic mass is 10.0. The van der Waals surface area contributed by atoms with Crippen LogP contribution in [0.25, 0.3) is 0 Å². The molecule has 1 unspecified atom stereocenters. The molecule has 0 saturated carbocycles. The third-order valence-corrected chi connectivity index (χ3v) is 5.29. The molecule has 4 amide bonds. The molecule has 9 heteroatoms. The Hall–Kier alpha value is -2.61. The van der Waals surface area contributed by atoms with Crippen molar-refractivity contribution in [3.63, 3.8) is 0 Å². The SMILES string of the molecule is CCCc1ccc(NC(=O)[C@H](C)NC(=O)C(NC(=O)CCCCNC(=O)CCl)C(C)C)cc1. The fraction of sp³-hybridized carbons (Fsp3) is 0.583. The minimum atomic E-state index is -0.767. The first-order chi connectivity index (χ1) is 15.7. The molecule has 0 heterocycles. The molecule has 184 valence electrons. The summed E-state index contributed by atoms with van der Waals surface area (Å²) in [5.74, 6) is -1.49. The molecule has 1 rings (SSSR count). The van der Waals surface area contributed by atoms with Crippen LogP contribution in [0.2, 0.25) is 0 Å². The van der Waals surface area contributed by atoms with Crippen molar-refractivity contribution in [3.8, 4) is 0 Å². The molecule has 0 fully saturated rings. The van der Waals surface area contributed by atoms with E-state index in [-0.39, 0.29) is 35.9 Å². The van der Waals surface area contributed by atoms with E-state index in [1.807, 2.05) is 38.1 Å². The van der Waals surface area contributed by atoms with E-state index in [0.717, 1.165) is 12.8 Å². The second-order valence-electron chi connectivity index (χ2n) is 8.40. The van der Waals surface area contributed by atoms with Crippen molar-refractivity contribution in [3.05, 3.63) is 29.8 Å². The van der Waals surface area contributed by atoms with E-state index in [1.165, 1.54) is 5.56 Å². The fourth-order valence-electron chi connectivity index (χ4n) is 3.13. The van der Waals surface area contributed by atoms with Crippen LogP contribution in [0.1, 0.15) is 58.9 Å². The normalized spacial score (nSPS) is 12.5. The summed E-state index contributed by atoms with van der Waals surface area (Å²) in [6.07, 6.45) is 3.46. The average Bonchev–Trinajstić information content (AvgIpc) is 2.78. The van der Waals surface area contributed by atoms with Crippen LogP contribution in [0.5, 0.6) is 0 Å². The van der Waals surface area contributed by atoms with Crippen molar-refractivity contribution in [1.29, 1.82) is 0 Å². The van der Waals surface area contributed by atoms with Crippen LogP contribution in [0.3, 0.4) is 0 Å². The highest BCUT2D eigenvalue weighted by Gasteiger charge is 2.26. The first-order valence-corrected chi connectivity index (χ1v) is 12.0. The van der Waals surface area contributed by atoms with Crippen molar-refractivity contribution in [2.45, 2.75) is 71.9 Å². The molecule has 1 aromatic carbocycles. The number of alkyl halides is 1. The number of hydrogen-bond acceptors (Lipinski definition) is 4. The smallest absolute Gasteiger partial charge is 0.246 e. The topological polar surface area (TPSA) is 116 Å². The van der Waals surface area contributed by atoms with E-state index in [0.29, 0.717) is 25.1 Å². The molecular formula is C24H37ClN4O4. The second kappa shape index (κ2) is 15.3. The minimum Gasteiger partial charge on any atom is -0.355 e. The molecule has 0 saturated heterocycles. The van der Waals surface area contributed by atoms with Gasteiger partial charge in [-0.2, -0.15) is 0 Å². The monoisotopic (exact) mass is 480 g/mol. The number of halogens is 1. The molecule has 33 heavy (non-hydrogen) atoms. The maximum absolute atomic E-state index is 12.7. The molecular weight excluding hydrogens is 444 g/mol. The molecule has 0 bridgehead atoms. The zero-order valence-electron chi connectivity index (χ0n) is 20.0. The van der Waals surface area contributed by atoms with Crippen LogP contribution in [0, 0.1) is 5.92 Å². The van der Waals surface area contributed by atoms with Crippen molar-refractivity contribution in [2.75, 3.05) is 17.7 Å². The second-order valence-corrected chi connectivity index (χ2v) is 8.66. The van der Waals surface area contributed by atoms with Gasteiger partial charge in [-0.25, -0.2) is 0 Å². The zero-order chi connectivity index (χ0) is 24.8. The van der Waals surface area contributed by atoms with Gasteiger partial charge in [0.2, 0.25) is 23.6 Å². The first-order valence-electron chi connectivity index (χ1n) is 11.5. The number of rotatable bonds is 14. The Morgan fingerprint density at radius 2 is 1.58 bits per heavy atom. The van der Waals surface area contributed by atoms with Crippen LogP contribution in [0.15, 0.2) is 24.3 Å². The number of anilines is 1. The standard InChI is InChI=1S/C24H37ClN4O4/c1-5-8-18-10-12-19(13-11-18)28-23(32)17(4)27-24(33)22(16(2)3)29-20(30)9-6-7-14-26-21(31)15-25/h10-13,16-17,22H,5-9,14-15H2,1-4H3,(H,26,31)(H,27,33)(H,28,32)(H,29,30)/t17-,22?/m0/s1. The van der Waals surface area contributed by atoms with Crippen molar-refractivity contribution >= 4 is 40.9 Å². The lowest BCUT2D eigenvalue weighted by Gasteiger charge is -2.24. The number of carbonyl (C=O) groups is 4. The molecule has 1 aromatic rings. The van der Waals surface area contributed by atoms with Crippen LogP contribution >= 0.6 is 11.6 Å². The summed E-state index contributed by atoms with van der Waals surface area (Å²) in [6.45, 7) is 7.82. The Balaban J connectivity index is 2.50. The highest BCUT2D eigenvalue weighted by molar-refractivity contribution is 6.27. The third-order valence-electron chi connectivity index (χ3n) is 5.05. The summed E-state index contributed by atoms with van der Waals surface area (Å²) >= 11 is 5.40. The summed E-state index contributed by atoms with van der Waals surface area (Å²) in [5.41, 5.74) is 1.87. The number of benzene rings is 1. The lowest BCUT2D eigenvalue weighted by Crippen LogP contribution is -2.53. The van der Waals surface area contributed by atoms with Gasteiger partial charge in [-0.15, -0.1) is 11.6 Å². The third kappa shape index (κ3) is 11.2. The Kier molecular flexibility index (Phi) is 13.1. The number of hydrogen-bond donors (Lipinski definition) is 4. The van der Waals surface area contributed by atoms with Crippen LogP contribution < -0.4 is 21.3 Å². The first kappa shape index (κ1) is 28.4. The largest absolute Gasteiger partial charge is 0.355 e. The Morgan fingerprint density at radius 1 is 0.909 bits per heavy atom. The fourth-order valence-corrected chi connectivity index (χ4v) is 3.22. The van der Waals surface area contributed by atoms with Gasteiger partial charge in [-0.05, 0) is 49.8 Å². The summed E-state index contributed by atoms with van der Waals surface area (Å²) in [6, 6.07) is 6.11. The number of aryl methyl sites for hydroxylation is 1. The summed E-state index contributed by atoms with van der Waals surface area (Å²) in [4.78, 5) is 48.6. The molecule has 4 N–H and O–H groups in total. The Morgan fingerprint density at radius 3 is 2.15 bits per heavy atom. The summed E-state index contributed by atoms with van der Waals surface area (Å²) in [5, 5.41) is 10.9. The maximum Gasteiger partial charge on any atom is 0.246 e. The van der Waals surface area contributed by atoms with E-state index in [2.05, 4.69) is 28.2 Å². The predicted octanol–water partition coefficient (Wildman–Crippen LogP) is 2.75. The number of nitrogens with one attached hydrogen (secondary N) is 4. The highest BCUT2D eigenvalue weighted by atomic mass is 35.5. The molecule has 0 aromatic heterocycles.